The molecule has 0 saturated heterocycles. The molecule has 1 aromatic heterocycles. The van der Waals surface area contributed by atoms with Crippen LogP contribution in [0.4, 0.5) is 4.79 Å². The van der Waals surface area contributed by atoms with E-state index in [1.807, 2.05) is 19.1 Å². The van der Waals surface area contributed by atoms with Crippen LogP contribution in [0, 0.1) is 0 Å². The van der Waals surface area contributed by atoms with Crippen LogP contribution in [0.5, 0.6) is 28.7 Å². The molecule has 4 aromatic rings. The highest BCUT2D eigenvalue weighted by atomic mass is 16.7. The Morgan fingerprint density at radius 1 is 0.816 bits per heavy atom. The minimum atomic E-state index is -1.01. The molecular formula is C29H29NO8. The van der Waals surface area contributed by atoms with Crippen molar-refractivity contribution in [1.82, 2.24) is 4.57 Å². The first-order valence-corrected chi connectivity index (χ1v) is 11.9. The maximum Gasteiger partial charge on any atom is 0.513 e. The third kappa shape index (κ3) is 5.22. The summed E-state index contributed by atoms with van der Waals surface area (Å²) in [5, 5.41) is 0.640. The van der Waals surface area contributed by atoms with Crippen LogP contribution < -0.4 is 29.2 Å². The Morgan fingerprint density at radius 3 is 2.13 bits per heavy atom. The standard InChI is InChI=1S/C29H29NO8/c1-6-37-22-11-13-24-23(16-22)26(18-7-9-20(33-2)10-8-18)27(38-29(32)36-5)28(31)30(24)17-19-15-21(34-3)12-14-25(19)35-4/h7-16H,6,17H2,1-5H3. The van der Waals surface area contributed by atoms with Gasteiger partial charge in [-0.2, -0.15) is 0 Å². The van der Waals surface area contributed by atoms with Gasteiger partial charge in [-0.05, 0) is 61.0 Å². The number of carbonyl (C=O) groups excluding carboxylic acids is 1. The van der Waals surface area contributed by atoms with Crippen molar-refractivity contribution in [1.29, 1.82) is 0 Å². The molecule has 1 heterocycles. The van der Waals surface area contributed by atoms with E-state index in [1.165, 1.54) is 11.7 Å². The Kier molecular flexibility index (Phi) is 8.06. The lowest BCUT2D eigenvalue weighted by Crippen LogP contribution is -2.26. The molecule has 0 aliphatic rings. The first-order chi connectivity index (χ1) is 18.4. The van der Waals surface area contributed by atoms with Crippen molar-refractivity contribution in [3.8, 4) is 39.9 Å². The number of pyridine rings is 1. The molecule has 0 bridgehead atoms. The molecule has 9 heteroatoms. The highest BCUT2D eigenvalue weighted by Crippen LogP contribution is 2.38. The number of nitrogens with zero attached hydrogens (tertiary/aromatic N) is 1. The first-order valence-electron chi connectivity index (χ1n) is 11.9. The summed E-state index contributed by atoms with van der Waals surface area (Å²) in [6.07, 6.45) is -1.01. The topological polar surface area (TPSA) is 94.5 Å². The second-order valence-corrected chi connectivity index (χ2v) is 8.17. The average molecular weight is 520 g/mol. The molecule has 0 aliphatic carbocycles. The van der Waals surface area contributed by atoms with E-state index < -0.39 is 11.7 Å². The number of fused-ring (bicyclic) bond motifs is 1. The van der Waals surface area contributed by atoms with Gasteiger partial charge >= 0.3 is 6.16 Å². The molecule has 0 spiro atoms. The van der Waals surface area contributed by atoms with Crippen LogP contribution in [0.15, 0.2) is 65.5 Å². The van der Waals surface area contributed by atoms with Crippen LogP contribution in [0.3, 0.4) is 0 Å². The molecule has 0 saturated carbocycles. The van der Waals surface area contributed by atoms with Gasteiger partial charge in [0, 0.05) is 16.5 Å². The summed E-state index contributed by atoms with van der Waals surface area (Å²) in [6, 6.07) is 17.9. The maximum atomic E-state index is 14.0. The van der Waals surface area contributed by atoms with Crippen LogP contribution in [0.1, 0.15) is 12.5 Å². The molecule has 4 rings (SSSR count). The van der Waals surface area contributed by atoms with Crippen molar-refractivity contribution in [3.05, 3.63) is 76.6 Å². The average Bonchev–Trinajstić information content (AvgIpc) is 2.95. The number of rotatable bonds is 9. The monoisotopic (exact) mass is 519 g/mol. The normalized spacial score (nSPS) is 10.7. The molecule has 9 nitrogen and oxygen atoms in total. The summed E-state index contributed by atoms with van der Waals surface area (Å²) in [6.45, 7) is 2.45. The van der Waals surface area contributed by atoms with E-state index in [4.69, 9.17) is 28.4 Å². The Labute approximate surface area is 220 Å². The predicted octanol–water partition coefficient (Wildman–Crippen LogP) is 5.29. The van der Waals surface area contributed by atoms with E-state index in [9.17, 15) is 9.59 Å². The summed E-state index contributed by atoms with van der Waals surface area (Å²) in [5.41, 5.74) is 1.85. The van der Waals surface area contributed by atoms with E-state index in [-0.39, 0.29) is 12.3 Å². The van der Waals surface area contributed by atoms with Gasteiger partial charge in [-0.25, -0.2) is 4.79 Å². The summed E-state index contributed by atoms with van der Waals surface area (Å²) in [4.78, 5) is 26.3. The molecule has 0 N–H and O–H groups in total. The Morgan fingerprint density at radius 2 is 1.50 bits per heavy atom. The minimum absolute atomic E-state index is 0.115. The smallest absolute Gasteiger partial charge is 0.497 e. The zero-order chi connectivity index (χ0) is 27.2. The summed E-state index contributed by atoms with van der Waals surface area (Å²) < 4.78 is 33.7. The number of hydrogen-bond acceptors (Lipinski definition) is 8. The molecule has 3 aromatic carbocycles. The highest BCUT2D eigenvalue weighted by molar-refractivity contribution is 5.99. The van der Waals surface area contributed by atoms with Crippen LogP contribution in [0.25, 0.3) is 22.0 Å². The van der Waals surface area contributed by atoms with E-state index in [1.54, 1.807) is 69.9 Å². The zero-order valence-corrected chi connectivity index (χ0v) is 21.9. The van der Waals surface area contributed by atoms with Crippen LogP contribution in [-0.4, -0.2) is 45.8 Å². The number of ether oxygens (including phenoxy) is 6. The van der Waals surface area contributed by atoms with Gasteiger partial charge in [0.15, 0.2) is 0 Å². The van der Waals surface area contributed by atoms with Crippen molar-refractivity contribution < 1.29 is 33.2 Å². The summed E-state index contributed by atoms with van der Waals surface area (Å²) in [5.74, 6) is 2.25. The van der Waals surface area contributed by atoms with Crippen molar-refractivity contribution >= 4 is 17.1 Å². The zero-order valence-electron chi connectivity index (χ0n) is 21.9. The van der Waals surface area contributed by atoms with Gasteiger partial charge in [0.1, 0.15) is 23.0 Å². The lowest BCUT2D eigenvalue weighted by molar-refractivity contribution is 0.121. The second kappa shape index (κ2) is 11.6. The SMILES string of the molecule is CCOc1ccc2c(c1)c(-c1ccc(OC)cc1)c(OC(=O)OC)c(=O)n2Cc1cc(OC)ccc1OC. The van der Waals surface area contributed by atoms with Crippen molar-refractivity contribution in [2.24, 2.45) is 0 Å². The predicted molar refractivity (Wildman–Crippen MR) is 143 cm³/mol. The highest BCUT2D eigenvalue weighted by Gasteiger charge is 2.24. The van der Waals surface area contributed by atoms with Crippen molar-refractivity contribution in [2.75, 3.05) is 35.0 Å². The lowest BCUT2D eigenvalue weighted by atomic mass is 9.99. The molecule has 198 valence electrons. The van der Waals surface area contributed by atoms with E-state index in [2.05, 4.69) is 0 Å². The van der Waals surface area contributed by atoms with Crippen molar-refractivity contribution in [2.45, 2.75) is 13.5 Å². The molecule has 0 amide bonds. The van der Waals surface area contributed by atoms with Crippen LogP contribution >= 0.6 is 0 Å². The Balaban J connectivity index is 2.06. The van der Waals surface area contributed by atoms with Crippen molar-refractivity contribution in [3.63, 3.8) is 0 Å². The number of methoxy groups -OCH3 is 4. The largest absolute Gasteiger partial charge is 0.513 e. The first kappa shape index (κ1) is 26.4. The van der Waals surface area contributed by atoms with Gasteiger partial charge in [-0.1, -0.05) is 12.1 Å². The molecule has 0 atom stereocenters. The molecule has 0 unspecified atom stereocenters. The maximum absolute atomic E-state index is 14.0. The van der Waals surface area contributed by atoms with Gasteiger partial charge in [-0.3, -0.25) is 4.79 Å². The fraction of sp³-hybridized carbons (Fsp3) is 0.241. The number of benzene rings is 3. The van der Waals surface area contributed by atoms with Crippen LogP contribution in [-0.2, 0) is 11.3 Å². The second-order valence-electron chi connectivity index (χ2n) is 8.17. The van der Waals surface area contributed by atoms with E-state index in [0.717, 1.165) is 0 Å². The molecular weight excluding hydrogens is 490 g/mol. The van der Waals surface area contributed by atoms with Gasteiger partial charge in [0.2, 0.25) is 5.75 Å². The van der Waals surface area contributed by atoms with E-state index >= 15 is 0 Å². The van der Waals surface area contributed by atoms with Gasteiger partial charge in [0.25, 0.3) is 5.56 Å². The summed E-state index contributed by atoms with van der Waals surface area (Å²) >= 11 is 0. The van der Waals surface area contributed by atoms with Gasteiger partial charge in [-0.15, -0.1) is 0 Å². The fourth-order valence-corrected chi connectivity index (χ4v) is 4.27. The van der Waals surface area contributed by atoms with Crippen LogP contribution in [0.2, 0.25) is 0 Å². The lowest BCUT2D eigenvalue weighted by Gasteiger charge is -2.19. The Hall–Kier alpha value is -4.66. The number of hydrogen-bond donors (Lipinski definition) is 0. The number of carbonyl (C=O) groups is 1. The third-order valence-electron chi connectivity index (χ3n) is 6.05. The molecule has 38 heavy (non-hydrogen) atoms. The third-order valence-corrected chi connectivity index (χ3v) is 6.05. The summed E-state index contributed by atoms with van der Waals surface area (Å²) in [7, 11) is 5.87. The van der Waals surface area contributed by atoms with Gasteiger partial charge < -0.3 is 33.0 Å². The Bertz CT molecular complexity index is 1510. The number of aromatic nitrogens is 1. The fourth-order valence-electron chi connectivity index (χ4n) is 4.27. The van der Waals surface area contributed by atoms with E-state index in [0.29, 0.717) is 57.2 Å². The quantitative estimate of drug-likeness (QED) is 0.276. The molecule has 0 radical (unpaired) electrons. The molecule has 0 aliphatic heterocycles. The van der Waals surface area contributed by atoms with Gasteiger partial charge in [0.05, 0.1) is 47.1 Å². The molecule has 0 fully saturated rings. The minimum Gasteiger partial charge on any atom is -0.497 e.